The van der Waals surface area contributed by atoms with E-state index < -0.39 is 0 Å². The minimum Gasteiger partial charge on any atom is -0.497 e. The number of hydrogen-bond acceptors (Lipinski definition) is 6. The van der Waals surface area contributed by atoms with Crippen LogP contribution in [0.1, 0.15) is 18.4 Å². The van der Waals surface area contributed by atoms with Crippen LogP contribution in [0.25, 0.3) is 5.69 Å². The van der Waals surface area contributed by atoms with Crippen molar-refractivity contribution in [2.75, 3.05) is 32.2 Å². The molecule has 1 N–H and O–H groups in total. The molecule has 0 aliphatic carbocycles. The standard InChI is InChI=1S/C25H27ClN4O4/c1-33-21-8-9-22(34-2)18(13-21)15-27-25(32)17-5-4-12-29(16-17)23-10-11-24(31)30(28-23)20-7-3-6-19(26)14-20/h3,6-11,13-14,17H,4-5,12,15-16H2,1-2H3,(H,27,32)/t17-/m1/s1. The minimum atomic E-state index is -0.246. The largest absolute Gasteiger partial charge is 0.497 e. The van der Waals surface area contributed by atoms with E-state index in [0.29, 0.717) is 41.1 Å². The van der Waals surface area contributed by atoms with Gasteiger partial charge in [-0.25, -0.2) is 0 Å². The first-order chi connectivity index (χ1) is 16.5. The highest BCUT2D eigenvalue weighted by molar-refractivity contribution is 6.30. The van der Waals surface area contributed by atoms with E-state index in [9.17, 15) is 9.59 Å². The van der Waals surface area contributed by atoms with Gasteiger partial charge < -0.3 is 19.7 Å². The SMILES string of the molecule is COc1ccc(OC)c(CNC(=O)[C@@H]2CCCN(c3ccc(=O)n(-c4cccc(Cl)c4)n3)C2)c1. The van der Waals surface area contributed by atoms with Crippen LogP contribution in [0.4, 0.5) is 5.82 Å². The lowest BCUT2D eigenvalue weighted by Gasteiger charge is -2.33. The zero-order valence-electron chi connectivity index (χ0n) is 19.2. The molecule has 8 nitrogen and oxygen atoms in total. The summed E-state index contributed by atoms with van der Waals surface area (Å²) in [5.41, 5.74) is 1.19. The Balaban J connectivity index is 1.46. The van der Waals surface area contributed by atoms with Gasteiger partial charge in [0, 0.05) is 36.3 Å². The zero-order chi connectivity index (χ0) is 24.1. The first-order valence-corrected chi connectivity index (χ1v) is 11.5. The predicted octanol–water partition coefficient (Wildman–Crippen LogP) is 3.44. The van der Waals surface area contributed by atoms with Crippen molar-refractivity contribution in [1.29, 1.82) is 0 Å². The summed E-state index contributed by atoms with van der Waals surface area (Å²) >= 11 is 6.09. The van der Waals surface area contributed by atoms with Crippen molar-refractivity contribution in [3.8, 4) is 17.2 Å². The molecular formula is C25H27ClN4O4. The summed E-state index contributed by atoms with van der Waals surface area (Å²) in [5.74, 6) is 1.82. The molecule has 0 saturated carbocycles. The van der Waals surface area contributed by atoms with Crippen LogP contribution in [-0.4, -0.2) is 43.0 Å². The molecule has 1 amide bonds. The molecule has 1 atom stereocenters. The molecule has 9 heteroatoms. The fourth-order valence-corrected chi connectivity index (χ4v) is 4.29. The number of ether oxygens (including phenoxy) is 2. The third-order valence-electron chi connectivity index (χ3n) is 5.90. The van der Waals surface area contributed by atoms with Gasteiger partial charge in [-0.2, -0.15) is 4.68 Å². The van der Waals surface area contributed by atoms with E-state index in [2.05, 4.69) is 10.4 Å². The number of piperidine rings is 1. The molecule has 0 bridgehead atoms. The van der Waals surface area contributed by atoms with Crippen molar-refractivity contribution in [3.05, 3.63) is 75.5 Å². The maximum absolute atomic E-state index is 13.0. The second-order valence-corrected chi connectivity index (χ2v) is 8.54. The van der Waals surface area contributed by atoms with Gasteiger partial charge in [-0.15, -0.1) is 5.10 Å². The molecule has 3 aromatic rings. The van der Waals surface area contributed by atoms with Gasteiger partial charge in [0.05, 0.1) is 25.8 Å². The molecule has 34 heavy (non-hydrogen) atoms. The number of anilines is 1. The maximum Gasteiger partial charge on any atom is 0.271 e. The number of methoxy groups -OCH3 is 2. The Morgan fingerprint density at radius 1 is 1.15 bits per heavy atom. The van der Waals surface area contributed by atoms with E-state index >= 15 is 0 Å². The summed E-state index contributed by atoms with van der Waals surface area (Å²) in [5, 5.41) is 8.10. The fraction of sp³-hybridized carbons (Fsp3) is 0.320. The monoisotopic (exact) mass is 482 g/mol. The summed E-state index contributed by atoms with van der Waals surface area (Å²) < 4.78 is 12.0. The van der Waals surface area contributed by atoms with E-state index in [-0.39, 0.29) is 17.4 Å². The Hall–Kier alpha value is -3.52. The van der Waals surface area contributed by atoms with Gasteiger partial charge in [-0.05, 0) is 55.3 Å². The lowest BCUT2D eigenvalue weighted by molar-refractivity contribution is -0.125. The van der Waals surface area contributed by atoms with Gasteiger partial charge in [-0.3, -0.25) is 9.59 Å². The van der Waals surface area contributed by atoms with Crippen molar-refractivity contribution in [1.82, 2.24) is 15.1 Å². The molecule has 1 fully saturated rings. The van der Waals surface area contributed by atoms with Gasteiger partial charge in [-0.1, -0.05) is 17.7 Å². The molecule has 1 saturated heterocycles. The third kappa shape index (κ3) is 5.34. The van der Waals surface area contributed by atoms with Gasteiger partial charge in [0.1, 0.15) is 17.3 Å². The lowest BCUT2D eigenvalue weighted by Crippen LogP contribution is -2.43. The quantitative estimate of drug-likeness (QED) is 0.555. The van der Waals surface area contributed by atoms with Gasteiger partial charge >= 0.3 is 0 Å². The maximum atomic E-state index is 13.0. The van der Waals surface area contributed by atoms with Crippen molar-refractivity contribution in [3.63, 3.8) is 0 Å². The highest BCUT2D eigenvalue weighted by Crippen LogP contribution is 2.25. The number of nitrogens with one attached hydrogen (secondary N) is 1. The van der Waals surface area contributed by atoms with Gasteiger partial charge in [0.25, 0.3) is 5.56 Å². The average Bonchev–Trinajstić information content (AvgIpc) is 2.87. The van der Waals surface area contributed by atoms with Crippen LogP contribution in [0.15, 0.2) is 59.4 Å². The topological polar surface area (TPSA) is 85.7 Å². The van der Waals surface area contributed by atoms with E-state index in [1.165, 1.54) is 10.7 Å². The second kappa shape index (κ2) is 10.6. The molecule has 1 aromatic heterocycles. The number of hydrogen-bond donors (Lipinski definition) is 1. The Bertz CT molecular complexity index is 1230. The fourth-order valence-electron chi connectivity index (χ4n) is 4.11. The van der Waals surface area contributed by atoms with Crippen LogP contribution >= 0.6 is 11.6 Å². The molecule has 1 aliphatic heterocycles. The Morgan fingerprint density at radius 2 is 2.00 bits per heavy atom. The molecule has 0 unspecified atom stereocenters. The molecule has 178 valence electrons. The number of halogens is 1. The highest BCUT2D eigenvalue weighted by atomic mass is 35.5. The van der Waals surface area contributed by atoms with Crippen LogP contribution in [0.2, 0.25) is 5.02 Å². The van der Waals surface area contributed by atoms with E-state index in [1.54, 1.807) is 44.6 Å². The van der Waals surface area contributed by atoms with Crippen LogP contribution < -0.4 is 25.2 Å². The Morgan fingerprint density at radius 3 is 2.76 bits per heavy atom. The van der Waals surface area contributed by atoms with Crippen molar-refractivity contribution < 1.29 is 14.3 Å². The van der Waals surface area contributed by atoms with Crippen molar-refractivity contribution >= 4 is 23.3 Å². The molecule has 0 radical (unpaired) electrons. The number of aromatic nitrogens is 2. The molecule has 1 aliphatic rings. The Kier molecular flexibility index (Phi) is 7.37. The summed E-state index contributed by atoms with van der Waals surface area (Å²) in [7, 11) is 3.20. The molecule has 0 spiro atoms. The summed E-state index contributed by atoms with van der Waals surface area (Å²) in [6.45, 7) is 1.61. The molecular weight excluding hydrogens is 456 g/mol. The van der Waals surface area contributed by atoms with Gasteiger partial charge in [0.2, 0.25) is 5.91 Å². The summed E-state index contributed by atoms with van der Waals surface area (Å²) in [6.07, 6.45) is 1.63. The number of rotatable bonds is 7. The van der Waals surface area contributed by atoms with Crippen molar-refractivity contribution in [2.24, 2.45) is 5.92 Å². The number of nitrogens with zero attached hydrogens (tertiary/aromatic N) is 3. The minimum absolute atomic E-state index is 0.0299. The van der Waals surface area contributed by atoms with Crippen molar-refractivity contribution in [2.45, 2.75) is 19.4 Å². The first kappa shape index (κ1) is 23.6. The van der Waals surface area contributed by atoms with Crippen LogP contribution in [0, 0.1) is 5.92 Å². The van der Waals surface area contributed by atoms with Crippen LogP contribution in [-0.2, 0) is 11.3 Å². The van der Waals surface area contributed by atoms with E-state index in [1.807, 2.05) is 23.1 Å². The second-order valence-electron chi connectivity index (χ2n) is 8.10. The van der Waals surface area contributed by atoms with E-state index in [0.717, 1.165) is 24.9 Å². The predicted molar refractivity (Wildman–Crippen MR) is 131 cm³/mol. The normalized spacial score (nSPS) is 15.6. The number of amides is 1. The van der Waals surface area contributed by atoms with Crippen LogP contribution in [0.5, 0.6) is 11.5 Å². The molecule has 4 rings (SSSR count). The zero-order valence-corrected chi connectivity index (χ0v) is 19.9. The summed E-state index contributed by atoms with van der Waals surface area (Å²) in [6, 6.07) is 15.7. The molecule has 2 aromatic carbocycles. The Labute approximate surface area is 203 Å². The number of carbonyl (C=O) groups excluding carboxylic acids is 1. The molecule has 2 heterocycles. The van der Waals surface area contributed by atoms with Gasteiger partial charge in [0.15, 0.2) is 0 Å². The average molecular weight is 483 g/mol. The van der Waals surface area contributed by atoms with E-state index in [4.69, 9.17) is 21.1 Å². The van der Waals surface area contributed by atoms with Crippen LogP contribution in [0.3, 0.4) is 0 Å². The highest BCUT2D eigenvalue weighted by Gasteiger charge is 2.27. The smallest absolute Gasteiger partial charge is 0.271 e. The lowest BCUT2D eigenvalue weighted by atomic mass is 9.97. The number of carbonyl (C=O) groups is 1. The first-order valence-electron chi connectivity index (χ1n) is 11.1. The summed E-state index contributed by atoms with van der Waals surface area (Å²) in [4.78, 5) is 27.4. The third-order valence-corrected chi connectivity index (χ3v) is 6.13. The number of benzene rings is 2.